The number of hydrogen-bond donors (Lipinski definition) is 1. The monoisotopic (exact) mass is 322 g/mol. The fraction of sp³-hybridized carbons (Fsp3) is 0.684. The fourth-order valence-electron chi connectivity index (χ4n) is 2.75. The first kappa shape index (κ1) is 19.2. The van der Waals surface area contributed by atoms with E-state index in [1.807, 2.05) is 0 Å². The van der Waals surface area contributed by atoms with Crippen LogP contribution in [-0.4, -0.2) is 19.5 Å². The molecule has 2 nitrogen and oxygen atoms in total. The smallest absolute Gasteiger partial charge is 0.222 e. The van der Waals surface area contributed by atoms with Crippen LogP contribution >= 0.6 is 0 Å². The Morgan fingerprint density at radius 2 is 1.45 bits per heavy atom. The van der Waals surface area contributed by atoms with Gasteiger partial charge >= 0.3 is 0 Å². The van der Waals surface area contributed by atoms with Gasteiger partial charge < -0.3 is 9.53 Å². The molecule has 0 aromatic heterocycles. The van der Waals surface area contributed by atoms with Crippen LogP contribution in [0.4, 0.5) is 0 Å². The standard InChI is InChI=1S/C19H34O2Si/c1-13(2)21-22(9,10)16-12-14(18(3,4)5)11-15(17(16)20)19(6,7)8/h11-13,20H,1-10H3. The van der Waals surface area contributed by atoms with Gasteiger partial charge in [0.15, 0.2) is 0 Å². The predicted octanol–water partition coefficient (Wildman–Crippen LogP) is 4.82. The lowest BCUT2D eigenvalue weighted by atomic mass is 9.80. The molecule has 22 heavy (non-hydrogen) atoms. The zero-order valence-corrected chi connectivity index (χ0v) is 17.1. The molecule has 0 bridgehead atoms. The van der Waals surface area contributed by atoms with Gasteiger partial charge in [-0.2, -0.15) is 0 Å². The summed E-state index contributed by atoms with van der Waals surface area (Å²) in [5.41, 5.74) is 2.23. The maximum absolute atomic E-state index is 10.9. The molecule has 0 amide bonds. The minimum atomic E-state index is -2.16. The molecule has 1 rings (SSSR count). The molecular weight excluding hydrogens is 288 g/mol. The number of phenolic OH excluding ortho intramolecular Hbond substituents is 1. The molecule has 0 radical (unpaired) electrons. The summed E-state index contributed by atoms with van der Waals surface area (Å²) in [6, 6.07) is 4.33. The summed E-state index contributed by atoms with van der Waals surface area (Å²) in [4.78, 5) is 0. The molecule has 0 aliphatic heterocycles. The zero-order valence-electron chi connectivity index (χ0n) is 16.1. The molecule has 0 heterocycles. The quantitative estimate of drug-likeness (QED) is 0.808. The summed E-state index contributed by atoms with van der Waals surface area (Å²) in [6.45, 7) is 21.5. The Kier molecular flexibility index (Phi) is 5.26. The van der Waals surface area contributed by atoms with Crippen molar-refractivity contribution in [1.29, 1.82) is 0 Å². The van der Waals surface area contributed by atoms with E-state index in [2.05, 4.69) is 80.6 Å². The molecule has 1 aromatic rings. The molecule has 0 fully saturated rings. The summed E-state index contributed by atoms with van der Waals surface area (Å²) >= 11 is 0. The first-order chi connectivity index (χ1) is 9.66. The Morgan fingerprint density at radius 1 is 0.955 bits per heavy atom. The summed E-state index contributed by atoms with van der Waals surface area (Å²) in [5.74, 6) is 0.429. The van der Waals surface area contributed by atoms with Gasteiger partial charge in [-0.3, -0.25) is 0 Å². The summed E-state index contributed by atoms with van der Waals surface area (Å²) in [6.07, 6.45) is 0.164. The van der Waals surface area contributed by atoms with E-state index in [0.29, 0.717) is 5.75 Å². The van der Waals surface area contributed by atoms with Gasteiger partial charge in [0, 0.05) is 11.3 Å². The minimum Gasteiger partial charge on any atom is -0.508 e. The topological polar surface area (TPSA) is 29.5 Å². The fourth-order valence-corrected chi connectivity index (χ4v) is 5.26. The molecule has 1 N–H and O–H groups in total. The van der Waals surface area contributed by atoms with Crippen LogP contribution in [0.2, 0.25) is 13.1 Å². The minimum absolute atomic E-state index is 0.0464. The lowest BCUT2D eigenvalue weighted by molar-refractivity contribution is 0.238. The molecular formula is C19H34O2Si. The molecule has 0 atom stereocenters. The molecule has 1 aromatic carbocycles. The van der Waals surface area contributed by atoms with Crippen LogP contribution in [0.25, 0.3) is 0 Å². The van der Waals surface area contributed by atoms with Crippen molar-refractivity contribution in [2.45, 2.75) is 85.4 Å². The molecule has 0 saturated carbocycles. The second-order valence-corrected chi connectivity index (χ2v) is 12.9. The van der Waals surface area contributed by atoms with Gasteiger partial charge in [-0.15, -0.1) is 0 Å². The number of aromatic hydroxyl groups is 1. The van der Waals surface area contributed by atoms with Crippen LogP contribution < -0.4 is 5.19 Å². The van der Waals surface area contributed by atoms with Gasteiger partial charge in [0.05, 0.1) is 0 Å². The van der Waals surface area contributed by atoms with E-state index in [-0.39, 0.29) is 16.9 Å². The molecule has 0 aliphatic carbocycles. The second-order valence-electron chi connectivity index (χ2n) is 9.10. The summed E-state index contributed by atoms with van der Waals surface area (Å²) in [5, 5.41) is 11.9. The molecule has 126 valence electrons. The molecule has 0 saturated heterocycles. The van der Waals surface area contributed by atoms with Crippen molar-refractivity contribution in [3.8, 4) is 5.75 Å². The molecule has 0 unspecified atom stereocenters. The van der Waals surface area contributed by atoms with E-state index < -0.39 is 8.32 Å². The molecule has 3 heteroatoms. The summed E-state index contributed by atoms with van der Waals surface area (Å²) < 4.78 is 6.22. The predicted molar refractivity (Wildman–Crippen MR) is 98.8 cm³/mol. The van der Waals surface area contributed by atoms with Crippen LogP contribution in [0.1, 0.15) is 66.5 Å². The Balaban J connectivity index is 3.64. The Labute approximate surface area is 138 Å². The van der Waals surface area contributed by atoms with E-state index in [1.54, 1.807) is 0 Å². The SMILES string of the molecule is CC(C)O[Si](C)(C)c1cc(C(C)(C)C)cc(C(C)(C)C)c1O. The highest BCUT2D eigenvalue weighted by Gasteiger charge is 2.34. The van der Waals surface area contributed by atoms with Gasteiger partial charge in [0.1, 0.15) is 5.75 Å². The maximum Gasteiger partial charge on any atom is 0.222 e. The van der Waals surface area contributed by atoms with Crippen LogP contribution in [0.15, 0.2) is 12.1 Å². The van der Waals surface area contributed by atoms with E-state index >= 15 is 0 Å². The number of hydrogen-bond acceptors (Lipinski definition) is 2. The highest BCUT2D eigenvalue weighted by molar-refractivity contribution is 6.85. The van der Waals surface area contributed by atoms with Gasteiger partial charge in [-0.1, -0.05) is 53.7 Å². The Morgan fingerprint density at radius 3 is 1.82 bits per heavy atom. The average Bonchev–Trinajstić information content (AvgIpc) is 2.23. The largest absolute Gasteiger partial charge is 0.508 e. The number of phenols is 1. The first-order valence-electron chi connectivity index (χ1n) is 8.22. The van der Waals surface area contributed by atoms with Gasteiger partial charge in [-0.25, -0.2) is 0 Å². The van der Waals surface area contributed by atoms with Crippen molar-refractivity contribution in [2.75, 3.05) is 0 Å². The van der Waals surface area contributed by atoms with Crippen LogP contribution in [-0.2, 0) is 15.3 Å². The third-order valence-electron chi connectivity index (χ3n) is 3.96. The summed E-state index contributed by atoms with van der Waals surface area (Å²) in [7, 11) is -2.16. The van der Waals surface area contributed by atoms with E-state index in [4.69, 9.17) is 4.43 Å². The Bertz CT molecular complexity index is 532. The number of benzene rings is 1. The van der Waals surface area contributed by atoms with Gasteiger partial charge in [0.25, 0.3) is 0 Å². The highest BCUT2D eigenvalue weighted by atomic mass is 28.4. The van der Waals surface area contributed by atoms with Crippen LogP contribution in [0.3, 0.4) is 0 Å². The lowest BCUT2D eigenvalue weighted by Crippen LogP contribution is -2.47. The van der Waals surface area contributed by atoms with Crippen molar-refractivity contribution in [3.63, 3.8) is 0 Å². The highest BCUT2D eigenvalue weighted by Crippen LogP contribution is 2.35. The first-order valence-corrected chi connectivity index (χ1v) is 11.1. The number of rotatable bonds is 3. The molecule has 0 spiro atoms. The maximum atomic E-state index is 10.9. The van der Waals surface area contributed by atoms with Gasteiger partial charge in [0.2, 0.25) is 8.32 Å². The third kappa shape index (κ3) is 4.36. The average molecular weight is 323 g/mol. The van der Waals surface area contributed by atoms with Gasteiger partial charge in [-0.05, 0) is 48.9 Å². The van der Waals surface area contributed by atoms with E-state index in [0.717, 1.165) is 10.8 Å². The van der Waals surface area contributed by atoms with Crippen molar-refractivity contribution < 1.29 is 9.53 Å². The normalized spacial score (nSPS) is 13.8. The molecule has 0 aliphatic rings. The van der Waals surface area contributed by atoms with Crippen molar-refractivity contribution in [3.05, 3.63) is 23.3 Å². The van der Waals surface area contributed by atoms with Crippen LogP contribution in [0.5, 0.6) is 5.75 Å². The van der Waals surface area contributed by atoms with Crippen molar-refractivity contribution in [1.82, 2.24) is 0 Å². The third-order valence-corrected chi connectivity index (χ3v) is 6.70. The lowest BCUT2D eigenvalue weighted by Gasteiger charge is -2.32. The second kappa shape index (κ2) is 6.01. The van der Waals surface area contributed by atoms with Crippen molar-refractivity contribution >= 4 is 13.5 Å². The van der Waals surface area contributed by atoms with Crippen LogP contribution in [0, 0.1) is 0 Å². The van der Waals surface area contributed by atoms with E-state index in [1.165, 1.54) is 5.56 Å². The van der Waals surface area contributed by atoms with Crippen molar-refractivity contribution in [2.24, 2.45) is 0 Å². The zero-order chi connectivity index (χ0) is 17.5. The van der Waals surface area contributed by atoms with E-state index in [9.17, 15) is 5.11 Å². The Hall–Kier alpha value is -0.803.